The normalized spacial score (nSPS) is 19.5. The molecule has 20 rings (SSSR count). The van der Waals surface area contributed by atoms with Crippen molar-refractivity contribution < 1.29 is 85.2 Å². The smallest absolute Gasteiger partial charge is 0.323 e. The summed E-state index contributed by atoms with van der Waals surface area (Å²) in [4.78, 5) is 156. The molecule has 646 valence electrons. The predicted molar refractivity (Wildman–Crippen MR) is 458 cm³/mol. The average molecular weight is 1740 g/mol. The number of halogens is 1. The molecule has 4 saturated heterocycles. The predicted octanol–water partition coefficient (Wildman–Crippen LogP) is 7.40. The van der Waals surface area contributed by atoms with Crippen LogP contribution >= 0.6 is 0 Å². The fourth-order valence-corrected chi connectivity index (χ4v) is 15.8. The Morgan fingerprint density at radius 1 is 0.395 bits per heavy atom. The maximum absolute atomic E-state index is 13.5. The lowest BCUT2D eigenvalue weighted by atomic mass is 9.99. The van der Waals surface area contributed by atoms with Gasteiger partial charge in [-0.2, -0.15) is 10.2 Å². The molecule has 0 unspecified atom stereocenters. The highest BCUT2D eigenvalue weighted by Crippen LogP contribution is 2.35. The fraction of sp³-hybridized carbons (Fsp3) is 0.226. The molecular weight excluding hydrogens is 1660 g/mol. The minimum Gasteiger partial charge on any atom is -0.497 e. The first-order chi connectivity index (χ1) is 62.0. The molecule has 4 fully saturated rings. The van der Waals surface area contributed by atoms with Gasteiger partial charge in [0.15, 0.2) is 11.2 Å². The minimum atomic E-state index is -1.64. The van der Waals surface area contributed by atoms with Gasteiger partial charge in [-0.05, 0) is 171 Å². The molecule has 12 aromatic rings. The van der Waals surface area contributed by atoms with Crippen molar-refractivity contribution >= 4 is 115 Å². The maximum atomic E-state index is 13.5. The molecule has 4 aromatic heterocycles. The van der Waals surface area contributed by atoms with Crippen LogP contribution in [-0.2, 0) is 45.4 Å². The Labute approximate surface area is 732 Å². The highest BCUT2D eigenvalue weighted by molar-refractivity contribution is 6.13. The number of carbonyl (C=O) groups is 12. The van der Waals surface area contributed by atoms with Gasteiger partial charge in [0.1, 0.15) is 23.1 Å². The molecule has 8 aliphatic rings. The van der Waals surface area contributed by atoms with E-state index in [4.69, 9.17) is 23.3 Å². The Morgan fingerprint density at radius 2 is 0.744 bits per heavy atom. The molecule has 0 bridgehead atoms. The van der Waals surface area contributed by atoms with E-state index in [9.17, 15) is 61.9 Å². The van der Waals surface area contributed by atoms with Crippen molar-refractivity contribution in [2.75, 3.05) is 47.5 Å². The van der Waals surface area contributed by atoms with Crippen LogP contribution in [0.25, 0.3) is 43.7 Å². The molecule has 8 aliphatic heterocycles. The second kappa shape index (κ2) is 33.5. The van der Waals surface area contributed by atoms with Gasteiger partial charge in [-0.15, -0.1) is 0 Å². The molecule has 0 radical (unpaired) electrons. The Balaban J connectivity index is 0.000000121. The molecule has 35 nitrogen and oxygen atoms in total. The molecule has 0 aliphatic carbocycles. The number of benzene rings is 8. The number of carbonyl (C=O) groups excluding carboxylic acids is 12. The summed E-state index contributed by atoms with van der Waals surface area (Å²) in [6, 6.07) is 39.2. The second-order valence-corrected chi connectivity index (χ2v) is 31.9. The van der Waals surface area contributed by atoms with E-state index in [1.54, 1.807) is 91.4 Å². The van der Waals surface area contributed by atoms with Crippen LogP contribution in [-0.4, -0.2) is 191 Å². The lowest BCUT2D eigenvalue weighted by Gasteiger charge is -2.26. The summed E-state index contributed by atoms with van der Waals surface area (Å²) in [5.41, 5.74) is 3.93. The molecule has 8 aromatic carbocycles. The standard InChI is InChI=1S/2C25H23N5O4.C22H16N4O5.C21H13FN4O4/c1-15(2)30-21-7-4-16(10-18(21)12-26-30)8-9-25(23(32)27-24(33)28-25)14-29-13-17-5-6-19(34-3)11-20(17)22(29)31;1-15(2)30-13-18-10-16(4-7-21(18)28-30)8-9-25(23(32)26-24(33)27-25)14-29-12-17-5-6-19(34-3)11-20(17)22(29)31;1-30-16-5-4-15-11-26(19(27)17(15)9-16)12-22(20(28)24-21(29)25-22)7-6-13-2-3-14-10-23-31-18(14)8-13;22-15-4-3-14-10-26(18(27)16(14)8-15)11-21(19(28)24-20(29)25-21)6-5-12-1-2-13-9-23-30-17(13)7-12/h4-7,10-12,15H,13-14H2,1-3H3,(H2,27,28,32,33);4-7,10-11,13,15H,12,14H2,1-3H3,(H2,26,27,32,33);2-5,8-10H,11-12H2,1H3,(H2,24,25,28,29);1-4,7-9H,10-11H2,(H2,24,25,28,29)/t2*25-;22-;21-/m1111/s1. The van der Waals surface area contributed by atoms with Gasteiger partial charge in [0, 0.05) is 111 Å². The number of aromatic nitrogens is 6. The summed E-state index contributed by atoms with van der Waals surface area (Å²) >= 11 is 0. The van der Waals surface area contributed by atoms with Crippen molar-refractivity contribution in [3.05, 3.63) is 243 Å². The number of hydrogen-bond acceptors (Lipinski definition) is 21. The van der Waals surface area contributed by atoms with Crippen molar-refractivity contribution in [1.82, 2.24) is 92.0 Å². The van der Waals surface area contributed by atoms with Crippen LogP contribution in [0.3, 0.4) is 0 Å². The van der Waals surface area contributed by atoms with Gasteiger partial charge >= 0.3 is 24.1 Å². The number of amides is 16. The van der Waals surface area contributed by atoms with Gasteiger partial charge in [-0.1, -0.05) is 81.9 Å². The van der Waals surface area contributed by atoms with Crippen molar-refractivity contribution in [3.63, 3.8) is 0 Å². The minimum absolute atomic E-state index is 0.0824. The Bertz CT molecular complexity index is 6980. The van der Waals surface area contributed by atoms with Crippen molar-refractivity contribution in [2.24, 2.45) is 0 Å². The topological polar surface area (TPSA) is 429 Å². The lowest BCUT2D eigenvalue weighted by Crippen LogP contribution is -2.54. The number of nitrogens with zero attached hydrogens (tertiary/aromatic N) is 10. The number of urea groups is 4. The zero-order valence-corrected chi connectivity index (χ0v) is 69.8. The fourth-order valence-electron chi connectivity index (χ4n) is 15.8. The summed E-state index contributed by atoms with van der Waals surface area (Å²) in [6.45, 7) is 8.86. The number of imide groups is 4. The number of ether oxygens (including phenoxy) is 3. The molecule has 12 heterocycles. The number of nitrogens with one attached hydrogen (secondary N) is 8. The molecule has 129 heavy (non-hydrogen) atoms. The summed E-state index contributed by atoms with van der Waals surface area (Å²) in [5, 5.41) is 39.1. The SMILES string of the molecule is COc1ccc2c(c1)C(=O)N(C[C@@]1(C#Cc3ccc4c(cnn4C(C)C)c3)NC(=O)NC1=O)C2.COc1ccc2c(c1)C(=O)N(C[C@@]1(C#Cc3ccc4cnoc4c3)NC(=O)NC1=O)C2.COc1ccc2c(c1)C(=O)N(C[C@@]1(C#Cc3ccc4nn(C(C)C)cc4c3)NC(=O)NC1=O)C2.O=C1NC(=O)[C@@](C#Cc2ccc3cnoc3c2)(CN2Cc3ccc(F)cc3C2=O)N1. The number of hydrogen-bond donors (Lipinski definition) is 8. The van der Waals surface area contributed by atoms with Crippen LogP contribution in [0.1, 0.15) is 126 Å². The van der Waals surface area contributed by atoms with Crippen LogP contribution in [0.4, 0.5) is 23.6 Å². The number of methoxy groups -OCH3 is 3. The third kappa shape index (κ3) is 16.5. The molecule has 16 amide bonds. The summed E-state index contributed by atoms with van der Waals surface area (Å²) < 4.78 is 43.2. The van der Waals surface area contributed by atoms with E-state index < -0.39 is 81.6 Å². The van der Waals surface area contributed by atoms with Gasteiger partial charge < -0.3 is 64.1 Å². The van der Waals surface area contributed by atoms with E-state index in [0.29, 0.717) is 92.6 Å². The van der Waals surface area contributed by atoms with Gasteiger partial charge in [0.05, 0.1) is 77.1 Å². The molecular formula is C93H75FN18O17. The Kier molecular flexibility index (Phi) is 21.8. The van der Waals surface area contributed by atoms with E-state index >= 15 is 0 Å². The van der Waals surface area contributed by atoms with E-state index in [1.807, 2.05) is 84.0 Å². The van der Waals surface area contributed by atoms with Crippen LogP contribution in [0.2, 0.25) is 0 Å². The number of fused-ring (bicyclic) bond motifs is 8. The Morgan fingerprint density at radius 3 is 1.10 bits per heavy atom. The van der Waals surface area contributed by atoms with Crippen molar-refractivity contribution in [1.29, 1.82) is 0 Å². The summed E-state index contributed by atoms with van der Waals surface area (Å²) in [7, 11) is 4.60. The third-order valence-corrected chi connectivity index (χ3v) is 22.5. The van der Waals surface area contributed by atoms with Crippen LogP contribution in [0.5, 0.6) is 17.2 Å². The highest BCUT2D eigenvalue weighted by Gasteiger charge is 2.53. The third-order valence-electron chi connectivity index (χ3n) is 22.5. The molecule has 0 saturated carbocycles. The Hall–Kier alpha value is -17.2. The van der Waals surface area contributed by atoms with Crippen LogP contribution in [0.15, 0.2) is 179 Å². The second-order valence-electron chi connectivity index (χ2n) is 31.9. The summed E-state index contributed by atoms with van der Waals surface area (Å²) in [6.07, 6.45) is 6.87. The monoisotopic (exact) mass is 1730 g/mol. The molecule has 36 heteroatoms. The maximum Gasteiger partial charge on any atom is 0.323 e. The first kappa shape index (κ1) is 84.1. The number of rotatable bonds is 13. The average Bonchev–Trinajstić information content (AvgIpc) is 1.62. The zero-order chi connectivity index (χ0) is 90.5. The van der Waals surface area contributed by atoms with Gasteiger partial charge in [-0.3, -0.25) is 69.0 Å². The van der Waals surface area contributed by atoms with Crippen molar-refractivity contribution in [3.8, 4) is 64.6 Å². The quantitative estimate of drug-likeness (QED) is 0.0411. The van der Waals surface area contributed by atoms with E-state index in [0.717, 1.165) is 55.3 Å². The highest BCUT2D eigenvalue weighted by atomic mass is 19.1. The van der Waals surface area contributed by atoms with E-state index in [2.05, 4.69) is 124 Å². The van der Waals surface area contributed by atoms with Gasteiger partial charge in [0.25, 0.3) is 47.3 Å². The van der Waals surface area contributed by atoms with E-state index in [-0.39, 0.29) is 68.1 Å². The largest absolute Gasteiger partial charge is 0.497 e. The van der Waals surface area contributed by atoms with E-state index in [1.165, 1.54) is 53.1 Å². The molecule has 8 N–H and O–H groups in total. The summed E-state index contributed by atoms with van der Waals surface area (Å²) in [5.74, 6) is 21.0. The lowest BCUT2D eigenvalue weighted by molar-refractivity contribution is -0.123. The van der Waals surface area contributed by atoms with Crippen LogP contribution < -0.4 is 56.7 Å². The molecule has 0 spiro atoms. The zero-order valence-electron chi connectivity index (χ0n) is 69.8. The first-order valence-corrected chi connectivity index (χ1v) is 40.3. The van der Waals surface area contributed by atoms with Crippen molar-refractivity contribution in [2.45, 2.75) is 88.1 Å². The van der Waals surface area contributed by atoms with Gasteiger partial charge in [-0.25, -0.2) is 23.6 Å². The first-order valence-electron chi connectivity index (χ1n) is 40.3. The molecule has 4 atom stereocenters. The van der Waals surface area contributed by atoms with Gasteiger partial charge in [0.2, 0.25) is 22.2 Å². The van der Waals surface area contributed by atoms with Crippen LogP contribution in [0, 0.1) is 53.2 Å².